The molecule has 0 aromatic heterocycles. The summed E-state index contributed by atoms with van der Waals surface area (Å²) in [5.41, 5.74) is 1.17. The van der Waals surface area contributed by atoms with Crippen LogP contribution in [-0.2, 0) is 4.79 Å². The zero-order chi connectivity index (χ0) is 16.2. The van der Waals surface area contributed by atoms with Crippen molar-refractivity contribution in [3.05, 3.63) is 24.3 Å². The first-order valence-electron chi connectivity index (χ1n) is 7.89. The summed E-state index contributed by atoms with van der Waals surface area (Å²) in [6.45, 7) is 2.15. The molecule has 2 aliphatic heterocycles. The largest absolute Gasteiger partial charge is 0.497 e. The van der Waals surface area contributed by atoms with Gasteiger partial charge in [-0.3, -0.25) is 4.79 Å². The summed E-state index contributed by atoms with van der Waals surface area (Å²) >= 11 is 0. The van der Waals surface area contributed by atoms with Gasteiger partial charge < -0.3 is 25.6 Å². The number of nitrogens with zero attached hydrogens (tertiary/aromatic N) is 1. The molecular weight excluding hydrogens is 296 g/mol. The number of methoxy groups -OCH3 is 1. The molecule has 2 aliphatic rings. The quantitative estimate of drug-likeness (QED) is 0.753. The van der Waals surface area contributed by atoms with Crippen molar-refractivity contribution in [1.29, 1.82) is 0 Å². The molecule has 2 fully saturated rings. The van der Waals surface area contributed by atoms with Crippen molar-refractivity contribution in [3.8, 4) is 5.75 Å². The van der Waals surface area contributed by atoms with E-state index in [1.54, 1.807) is 7.11 Å². The minimum Gasteiger partial charge on any atom is -0.497 e. The number of carbonyl (C=O) groups is 2. The van der Waals surface area contributed by atoms with Crippen molar-refractivity contribution in [2.24, 2.45) is 0 Å². The number of benzene rings is 1. The highest BCUT2D eigenvalue weighted by molar-refractivity contribution is 5.90. The molecule has 0 aliphatic carbocycles. The van der Waals surface area contributed by atoms with E-state index in [1.165, 1.54) is 5.69 Å². The predicted octanol–water partition coefficient (Wildman–Crippen LogP) is 0.462. The lowest BCUT2D eigenvalue weighted by Gasteiger charge is -2.34. The van der Waals surface area contributed by atoms with Gasteiger partial charge in [0.25, 0.3) is 0 Å². The minimum atomic E-state index is -0.456. The van der Waals surface area contributed by atoms with Gasteiger partial charge in [-0.1, -0.05) is 0 Å². The molecule has 2 saturated heterocycles. The zero-order valence-corrected chi connectivity index (χ0v) is 13.2. The predicted molar refractivity (Wildman–Crippen MR) is 86.7 cm³/mol. The summed E-state index contributed by atoms with van der Waals surface area (Å²) in [7, 11) is 1.66. The molecule has 0 saturated carbocycles. The Balaban J connectivity index is 1.48. The third kappa shape index (κ3) is 3.67. The maximum atomic E-state index is 12.1. The highest BCUT2D eigenvalue weighted by Crippen LogP contribution is 2.22. The number of nitrogens with one attached hydrogen (secondary N) is 3. The standard InChI is InChI=1S/C16H22N4O3/c1-23-13-4-2-12(3-5-13)20-8-6-11(7-9-20)18-15(21)14-10-17-16(22)19-14/h2-5,11,14H,6-10H2,1H3,(H,18,21)(H2,17,19,22). The van der Waals surface area contributed by atoms with Crippen LogP contribution in [0.25, 0.3) is 0 Å². The Kier molecular flexibility index (Phi) is 4.55. The molecular formula is C16H22N4O3. The molecule has 1 atom stereocenters. The van der Waals surface area contributed by atoms with E-state index in [9.17, 15) is 9.59 Å². The third-order valence-corrected chi connectivity index (χ3v) is 4.37. The van der Waals surface area contributed by atoms with Crippen LogP contribution in [0.1, 0.15) is 12.8 Å². The van der Waals surface area contributed by atoms with Crippen LogP contribution in [0, 0.1) is 0 Å². The van der Waals surface area contributed by atoms with Crippen LogP contribution in [0.5, 0.6) is 5.75 Å². The van der Waals surface area contributed by atoms with Gasteiger partial charge in [-0.05, 0) is 37.1 Å². The lowest BCUT2D eigenvalue weighted by Crippen LogP contribution is -2.50. The monoisotopic (exact) mass is 318 g/mol. The smallest absolute Gasteiger partial charge is 0.315 e. The summed E-state index contributed by atoms with van der Waals surface area (Å²) in [4.78, 5) is 25.5. The van der Waals surface area contributed by atoms with E-state index in [0.29, 0.717) is 6.54 Å². The number of carbonyl (C=O) groups excluding carboxylic acids is 2. The van der Waals surface area contributed by atoms with Crippen molar-refractivity contribution in [2.45, 2.75) is 24.9 Å². The Bertz CT molecular complexity index is 567. The van der Waals surface area contributed by atoms with E-state index in [1.807, 2.05) is 12.1 Å². The van der Waals surface area contributed by atoms with E-state index in [0.717, 1.165) is 31.7 Å². The Labute approximate surface area is 135 Å². The summed E-state index contributed by atoms with van der Waals surface area (Å²) in [6.07, 6.45) is 1.79. The van der Waals surface area contributed by atoms with Gasteiger partial charge in [0.15, 0.2) is 0 Å². The number of urea groups is 1. The number of hydrogen-bond donors (Lipinski definition) is 3. The van der Waals surface area contributed by atoms with E-state index in [2.05, 4.69) is 33.0 Å². The normalized spacial score (nSPS) is 21.5. The van der Waals surface area contributed by atoms with Gasteiger partial charge in [-0.2, -0.15) is 0 Å². The van der Waals surface area contributed by atoms with Gasteiger partial charge in [-0.25, -0.2) is 4.79 Å². The topological polar surface area (TPSA) is 82.7 Å². The van der Waals surface area contributed by atoms with Crippen LogP contribution in [0.4, 0.5) is 10.5 Å². The number of piperidine rings is 1. The average molecular weight is 318 g/mol. The second kappa shape index (κ2) is 6.76. The molecule has 23 heavy (non-hydrogen) atoms. The molecule has 3 rings (SSSR count). The van der Waals surface area contributed by atoms with Crippen molar-refractivity contribution >= 4 is 17.6 Å². The van der Waals surface area contributed by atoms with Crippen molar-refractivity contribution < 1.29 is 14.3 Å². The molecule has 1 aromatic carbocycles. The molecule has 2 heterocycles. The summed E-state index contributed by atoms with van der Waals surface area (Å²) in [5.74, 6) is 0.745. The number of rotatable bonds is 4. The first-order chi connectivity index (χ1) is 11.2. The van der Waals surface area contributed by atoms with Crippen LogP contribution in [0.3, 0.4) is 0 Å². The van der Waals surface area contributed by atoms with Crippen LogP contribution < -0.4 is 25.6 Å². The minimum absolute atomic E-state index is 0.105. The van der Waals surface area contributed by atoms with Crippen molar-refractivity contribution in [1.82, 2.24) is 16.0 Å². The van der Waals surface area contributed by atoms with E-state index < -0.39 is 6.04 Å². The van der Waals surface area contributed by atoms with Gasteiger partial charge in [0.05, 0.1) is 7.11 Å². The number of hydrogen-bond acceptors (Lipinski definition) is 4. The second-order valence-corrected chi connectivity index (χ2v) is 5.87. The van der Waals surface area contributed by atoms with Gasteiger partial charge in [0.2, 0.25) is 5.91 Å². The zero-order valence-electron chi connectivity index (χ0n) is 13.2. The van der Waals surface area contributed by atoms with E-state index >= 15 is 0 Å². The molecule has 124 valence electrons. The molecule has 1 unspecified atom stereocenters. The maximum absolute atomic E-state index is 12.1. The SMILES string of the molecule is COc1ccc(N2CCC(NC(=O)C3CNC(=O)N3)CC2)cc1. The molecule has 0 radical (unpaired) electrons. The van der Waals surface area contributed by atoms with Crippen LogP contribution >= 0.6 is 0 Å². The van der Waals surface area contributed by atoms with Gasteiger partial charge in [0.1, 0.15) is 11.8 Å². The lowest BCUT2D eigenvalue weighted by atomic mass is 10.0. The first-order valence-corrected chi connectivity index (χ1v) is 7.89. The summed E-state index contributed by atoms with van der Waals surface area (Å²) in [6, 6.07) is 7.45. The highest BCUT2D eigenvalue weighted by Gasteiger charge is 2.29. The molecule has 0 spiro atoms. The van der Waals surface area contributed by atoms with Gasteiger partial charge in [-0.15, -0.1) is 0 Å². The molecule has 1 aromatic rings. The Morgan fingerprint density at radius 3 is 2.52 bits per heavy atom. The molecule has 3 amide bonds. The Morgan fingerprint density at radius 2 is 1.96 bits per heavy atom. The summed E-state index contributed by atoms with van der Waals surface area (Å²) in [5, 5.41) is 8.23. The third-order valence-electron chi connectivity index (χ3n) is 4.37. The maximum Gasteiger partial charge on any atom is 0.315 e. The highest BCUT2D eigenvalue weighted by atomic mass is 16.5. The Morgan fingerprint density at radius 1 is 1.26 bits per heavy atom. The second-order valence-electron chi connectivity index (χ2n) is 5.87. The van der Waals surface area contributed by atoms with Crippen LogP contribution in [0.15, 0.2) is 24.3 Å². The van der Waals surface area contributed by atoms with E-state index in [4.69, 9.17) is 4.74 Å². The Hall–Kier alpha value is -2.44. The number of amides is 3. The first kappa shape index (κ1) is 15.5. The fourth-order valence-electron chi connectivity index (χ4n) is 2.99. The number of ether oxygens (including phenoxy) is 1. The van der Waals surface area contributed by atoms with Crippen LogP contribution in [0.2, 0.25) is 0 Å². The average Bonchev–Trinajstić information content (AvgIpc) is 3.02. The van der Waals surface area contributed by atoms with Crippen molar-refractivity contribution in [2.75, 3.05) is 31.6 Å². The van der Waals surface area contributed by atoms with Crippen molar-refractivity contribution in [3.63, 3.8) is 0 Å². The fraction of sp³-hybridized carbons (Fsp3) is 0.500. The molecule has 7 nitrogen and oxygen atoms in total. The summed E-state index contributed by atoms with van der Waals surface area (Å²) < 4.78 is 5.17. The number of anilines is 1. The van der Waals surface area contributed by atoms with E-state index in [-0.39, 0.29) is 18.0 Å². The van der Waals surface area contributed by atoms with Gasteiger partial charge >= 0.3 is 6.03 Å². The molecule has 3 N–H and O–H groups in total. The van der Waals surface area contributed by atoms with Crippen LogP contribution in [-0.4, -0.2) is 50.8 Å². The van der Waals surface area contributed by atoms with Gasteiger partial charge in [0, 0.05) is 31.4 Å². The lowest BCUT2D eigenvalue weighted by molar-refractivity contribution is -0.123. The molecule has 7 heteroatoms. The fourth-order valence-corrected chi connectivity index (χ4v) is 2.99. The molecule has 0 bridgehead atoms.